The van der Waals surface area contributed by atoms with E-state index in [0.717, 1.165) is 42.1 Å². The van der Waals surface area contributed by atoms with Crippen molar-refractivity contribution in [3.05, 3.63) is 63.2 Å². The maximum absolute atomic E-state index is 13.2. The molecule has 1 saturated heterocycles. The summed E-state index contributed by atoms with van der Waals surface area (Å²) in [6.45, 7) is 5.78. The molecule has 0 unspecified atom stereocenters. The molecular formula is C25H24Cl2N6O2S. The van der Waals surface area contributed by atoms with Crippen LogP contribution in [0.4, 0.5) is 22.9 Å². The molecule has 186 valence electrons. The number of rotatable bonds is 6. The lowest BCUT2D eigenvalue weighted by Gasteiger charge is -2.29. The van der Waals surface area contributed by atoms with E-state index in [9.17, 15) is 4.79 Å². The fraction of sp³-hybridized carbons (Fsp3) is 0.240. The Balaban J connectivity index is 1.38. The van der Waals surface area contributed by atoms with Crippen LogP contribution >= 0.6 is 34.5 Å². The predicted molar refractivity (Wildman–Crippen MR) is 148 cm³/mol. The first-order valence-corrected chi connectivity index (χ1v) is 13.0. The number of hydrogen-bond donors (Lipinski definition) is 3. The number of thiophene rings is 1. The van der Waals surface area contributed by atoms with Crippen LogP contribution in [0.1, 0.15) is 15.9 Å². The minimum Gasteiger partial charge on any atom is -0.495 e. The van der Waals surface area contributed by atoms with Crippen LogP contribution in [0.25, 0.3) is 10.2 Å². The van der Waals surface area contributed by atoms with Crippen LogP contribution in [-0.2, 0) is 0 Å². The van der Waals surface area contributed by atoms with E-state index in [-0.39, 0.29) is 10.9 Å². The number of carbonyl (C=O) groups excluding carboxylic acids is 1. The normalized spacial score (nSPS) is 13.6. The van der Waals surface area contributed by atoms with Gasteiger partial charge in [0.15, 0.2) is 5.82 Å². The van der Waals surface area contributed by atoms with Gasteiger partial charge in [0.05, 0.1) is 33.6 Å². The molecule has 0 spiro atoms. The van der Waals surface area contributed by atoms with E-state index >= 15 is 0 Å². The highest BCUT2D eigenvalue weighted by Gasteiger charge is 2.21. The third kappa shape index (κ3) is 4.79. The summed E-state index contributed by atoms with van der Waals surface area (Å²) in [7, 11) is 1.51. The molecule has 5 rings (SSSR count). The van der Waals surface area contributed by atoms with Crippen LogP contribution in [0.15, 0.2) is 42.0 Å². The van der Waals surface area contributed by atoms with Crippen LogP contribution in [0, 0.1) is 6.92 Å². The van der Waals surface area contributed by atoms with Crippen LogP contribution in [0.5, 0.6) is 5.75 Å². The molecule has 1 aliphatic heterocycles. The SMILES string of the molecule is COc1cc(C)c(Cl)c(NC(=O)c2csc3c(Nc4ccc(N5CCNCC5)cc4)ncnc23)c1Cl. The number of nitrogens with zero attached hydrogens (tertiary/aromatic N) is 3. The Morgan fingerprint density at radius 3 is 2.61 bits per heavy atom. The van der Waals surface area contributed by atoms with Crippen molar-refractivity contribution in [2.75, 3.05) is 48.8 Å². The second-order valence-corrected chi connectivity index (χ2v) is 9.95. The lowest BCUT2D eigenvalue weighted by molar-refractivity contribution is 0.102. The van der Waals surface area contributed by atoms with Crippen LogP contribution in [0.3, 0.4) is 0 Å². The maximum atomic E-state index is 13.2. The van der Waals surface area contributed by atoms with E-state index in [4.69, 9.17) is 27.9 Å². The summed E-state index contributed by atoms with van der Waals surface area (Å²) in [5.41, 5.74) is 4.08. The number of aryl methyl sites for hydroxylation is 1. The van der Waals surface area contributed by atoms with Crippen LogP contribution in [-0.4, -0.2) is 49.2 Å². The smallest absolute Gasteiger partial charge is 0.258 e. The fourth-order valence-corrected chi connectivity index (χ4v) is 5.56. The number of benzene rings is 2. The summed E-state index contributed by atoms with van der Waals surface area (Å²) in [5, 5.41) is 11.9. The van der Waals surface area contributed by atoms with Gasteiger partial charge in [-0.3, -0.25) is 4.79 Å². The maximum Gasteiger partial charge on any atom is 0.258 e. The van der Waals surface area contributed by atoms with Gasteiger partial charge in [-0.15, -0.1) is 11.3 Å². The largest absolute Gasteiger partial charge is 0.495 e. The zero-order valence-corrected chi connectivity index (χ0v) is 22.0. The number of methoxy groups -OCH3 is 1. The molecule has 0 saturated carbocycles. The highest BCUT2D eigenvalue weighted by atomic mass is 35.5. The average molecular weight is 543 g/mol. The Morgan fingerprint density at radius 2 is 1.89 bits per heavy atom. The first-order chi connectivity index (χ1) is 17.5. The second kappa shape index (κ2) is 10.5. The van der Waals surface area contributed by atoms with E-state index in [1.165, 1.54) is 30.5 Å². The molecule has 2 aromatic heterocycles. The minimum absolute atomic E-state index is 0.238. The number of halogens is 2. The summed E-state index contributed by atoms with van der Waals surface area (Å²) >= 11 is 14.2. The van der Waals surface area contributed by atoms with Crippen molar-refractivity contribution >= 4 is 73.5 Å². The van der Waals surface area contributed by atoms with Gasteiger partial charge in [-0.1, -0.05) is 23.2 Å². The van der Waals surface area contributed by atoms with E-state index in [1.54, 1.807) is 11.4 Å². The quantitative estimate of drug-likeness (QED) is 0.287. The molecule has 8 nitrogen and oxygen atoms in total. The van der Waals surface area contributed by atoms with Crippen molar-refractivity contribution in [2.24, 2.45) is 0 Å². The highest BCUT2D eigenvalue weighted by Crippen LogP contribution is 2.41. The Kier molecular flexibility index (Phi) is 7.15. The molecule has 0 radical (unpaired) electrons. The standard InChI is InChI=1S/C25H24Cl2N6O2S/c1-14-11-18(35-2)20(27)22(19(14)26)32-25(34)17-12-36-23-21(17)29-13-30-24(23)31-15-3-5-16(6-4-15)33-9-7-28-8-10-33/h3-6,11-13,28H,7-10H2,1-2H3,(H,32,34)(H,29,30,31). The minimum atomic E-state index is -0.372. The zero-order valence-electron chi connectivity index (χ0n) is 19.7. The van der Waals surface area contributed by atoms with Crippen molar-refractivity contribution in [3.63, 3.8) is 0 Å². The Bertz CT molecular complexity index is 1420. The van der Waals surface area contributed by atoms with Crippen molar-refractivity contribution < 1.29 is 9.53 Å². The number of ether oxygens (including phenoxy) is 1. The van der Waals surface area contributed by atoms with Gasteiger partial charge in [0.1, 0.15) is 17.1 Å². The van der Waals surface area contributed by atoms with Gasteiger partial charge in [-0.05, 0) is 42.8 Å². The van der Waals surface area contributed by atoms with Crippen LogP contribution < -0.4 is 25.6 Å². The van der Waals surface area contributed by atoms with Gasteiger partial charge in [-0.2, -0.15) is 0 Å². The van der Waals surface area contributed by atoms with Crippen molar-refractivity contribution in [1.29, 1.82) is 0 Å². The lowest BCUT2D eigenvalue weighted by atomic mass is 10.2. The molecule has 0 aliphatic carbocycles. The topological polar surface area (TPSA) is 91.4 Å². The number of hydrogen-bond acceptors (Lipinski definition) is 8. The summed E-state index contributed by atoms with van der Waals surface area (Å²) in [6.07, 6.45) is 1.44. The van der Waals surface area contributed by atoms with Gasteiger partial charge in [0.25, 0.3) is 5.91 Å². The summed E-state index contributed by atoms with van der Waals surface area (Å²) < 4.78 is 6.08. The molecule has 2 aromatic carbocycles. The van der Waals surface area contributed by atoms with Gasteiger partial charge < -0.3 is 25.6 Å². The zero-order chi connectivity index (χ0) is 25.2. The number of piperazine rings is 1. The predicted octanol–water partition coefficient (Wildman–Crippen LogP) is 5.72. The molecule has 4 aromatic rings. The Labute approximate surface area is 222 Å². The molecule has 1 aliphatic rings. The van der Waals surface area contributed by atoms with E-state index in [0.29, 0.717) is 33.4 Å². The number of aromatic nitrogens is 2. The van der Waals surface area contributed by atoms with E-state index < -0.39 is 0 Å². The van der Waals surface area contributed by atoms with E-state index in [1.807, 2.05) is 19.1 Å². The highest BCUT2D eigenvalue weighted by molar-refractivity contribution is 7.18. The fourth-order valence-electron chi connectivity index (χ4n) is 4.10. The molecule has 3 N–H and O–H groups in total. The molecule has 36 heavy (non-hydrogen) atoms. The third-order valence-electron chi connectivity index (χ3n) is 6.02. The molecule has 0 bridgehead atoms. The van der Waals surface area contributed by atoms with Crippen molar-refractivity contribution in [2.45, 2.75) is 6.92 Å². The summed E-state index contributed by atoms with van der Waals surface area (Å²) in [6, 6.07) is 9.98. The molecule has 1 amide bonds. The monoisotopic (exact) mass is 542 g/mol. The van der Waals surface area contributed by atoms with Crippen LogP contribution in [0.2, 0.25) is 10.0 Å². The third-order valence-corrected chi connectivity index (χ3v) is 7.86. The van der Waals surface area contributed by atoms with Gasteiger partial charge in [0.2, 0.25) is 0 Å². The summed E-state index contributed by atoms with van der Waals surface area (Å²) in [5.74, 6) is 0.691. The number of anilines is 4. The van der Waals surface area contributed by atoms with Gasteiger partial charge in [0, 0.05) is 42.9 Å². The molecule has 3 heterocycles. The lowest BCUT2D eigenvalue weighted by Crippen LogP contribution is -2.43. The number of carbonyl (C=O) groups is 1. The van der Waals surface area contributed by atoms with Crippen molar-refractivity contribution in [3.8, 4) is 5.75 Å². The van der Waals surface area contributed by atoms with Crippen molar-refractivity contribution in [1.82, 2.24) is 15.3 Å². The molecule has 0 atom stereocenters. The second-order valence-electron chi connectivity index (χ2n) is 8.31. The van der Waals surface area contributed by atoms with E-state index in [2.05, 4.69) is 43.0 Å². The Morgan fingerprint density at radius 1 is 1.14 bits per heavy atom. The Hall–Kier alpha value is -3.11. The number of amides is 1. The average Bonchev–Trinajstić information content (AvgIpc) is 3.35. The van der Waals surface area contributed by atoms with Gasteiger partial charge in [-0.25, -0.2) is 9.97 Å². The molecule has 11 heteroatoms. The molecular weight excluding hydrogens is 519 g/mol. The molecule has 1 fully saturated rings. The first kappa shape index (κ1) is 24.6. The van der Waals surface area contributed by atoms with Gasteiger partial charge >= 0.3 is 0 Å². The summed E-state index contributed by atoms with van der Waals surface area (Å²) in [4.78, 5) is 24.4. The number of fused-ring (bicyclic) bond motifs is 1. The first-order valence-electron chi connectivity index (χ1n) is 11.3. The number of nitrogens with one attached hydrogen (secondary N) is 3.